The molecule has 0 unspecified atom stereocenters. The third-order valence-corrected chi connectivity index (χ3v) is 4.71. The summed E-state index contributed by atoms with van der Waals surface area (Å²) >= 11 is 0. The van der Waals surface area contributed by atoms with E-state index in [4.69, 9.17) is 14.5 Å². The number of rotatable bonds is 6. The molecule has 8 heteroatoms. The zero-order chi connectivity index (χ0) is 19.5. The molecule has 0 aliphatic carbocycles. The van der Waals surface area contributed by atoms with E-state index in [1.54, 1.807) is 7.11 Å². The van der Waals surface area contributed by atoms with Crippen LogP contribution in [0.1, 0.15) is 24.4 Å². The molecule has 1 atom stereocenters. The van der Waals surface area contributed by atoms with E-state index in [0.29, 0.717) is 25.6 Å². The van der Waals surface area contributed by atoms with E-state index >= 15 is 0 Å². The molecule has 1 amide bonds. The lowest BCUT2D eigenvalue weighted by molar-refractivity contribution is -0.114. The van der Waals surface area contributed by atoms with Crippen molar-refractivity contribution in [2.24, 2.45) is 0 Å². The van der Waals surface area contributed by atoms with E-state index in [1.807, 2.05) is 36.5 Å². The van der Waals surface area contributed by atoms with Crippen LogP contribution < -0.4 is 15.4 Å². The summed E-state index contributed by atoms with van der Waals surface area (Å²) in [6, 6.07) is 9.80. The van der Waals surface area contributed by atoms with Gasteiger partial charge in [-0.1, -0.05) is 6.07 Å². The molecular formula is C20H23N5O3. The van der Waals surface area contributed by atoms with Crippen LogP contribution in [0.4, 0.5) is 5.69 Å². The molecule has 1 aliphatic heterocycles. The van der Waals surface area contributed by atoms with E-state index in [2.05, 4.69) is 20.2 Å². The van der Waals surface area contributed by atoms with Gasteiger partial charge in [0, 0.05) is 38.0 Å². The lowest BCUT2D eigenvalue weighted by Crippen LogP contribution is -2.32. The Hall–Kier alpha value is -2.97. The van der Waals surface area contributed by atoms with Crippen LogP contribution in [0.25, 0.3) is 11.0 Å². The number of benzene rings is 1. The third kappa shape index (κ3) is 3.83. The van der Waals surface area contributed by atoms with Gasteiger partial charge in [0.2, 0.25) is 11.8 Å². The number of pyridine rings is 1. The lowest BCUT2D eigenvalue weighted by atomic mass is 10.2. The van der Waals surface area contributed by atoms with Crippen LogP contribution in [0.2, 0.25) is 0 Å². The molecule has 2 aromatic heterocycles. The molecule has 146 valence electrons. The van der Waals surface area contributed by atoms with Crippen LogP contribution in [-0.4, -0.2) is 40.7 Å². The molecule has 0 saturated carbocycles. The average Bonchev–Trinajstić information content (AvgIpc) is 3.06. The van der Waals surface area contributed by atoms with Gasteiger partial charge < -0.3 is 24.7 Å². The van der Waals surface area contributed by atoms with Crippen molar-refractivity contribution in [1.29, 1.82) is 0 Å². The lowest BCUT2D eigenvalue weighted by Gasteiger charge is -2.26. The molecule has 0 saturated heterocycles. The Kier molecular flexibility index (Phi) is 5.23. The molecule has 28 heavy (non-hydrogen) atoms. The first-order valence-electron chi connectivity index (χ1n) is 9.20. The Morgan fingerprint density at radius 3 is 3.00 bits per heavy atom. The van der Waals surface area contributed by atoms with Gasteiger partial charge >= 0.3 is 0 Å². The fourth-order valence-electron chi connectivity index (χ4n) is 3.47. The number of fused-ring (bicyclic) bond motifs is 3. The SMILES string of the molecule is COc1ccc(CNC[C@H]2COCc3nc4cc(NC(C)=O)ccc4n32)cn1. The normalized spacial score (nSPS) is 16.0. The zero-order valence-corrected chi connectivity index (χ0v) is 15.9. The summed E-state index contributed by atoms with van der Waals surface area (Å²) in [5.41, 5.74) is 3.74. The smallest absolute Gasteiger partial charge is 0.221 e. The molecule has 0 bridgehead atoms. The summed E-state index contributed by atoms with van der Waals surface area (Å²) in [4.78, 5) is 20.2. The number of aromatic nitrogens is 3. The molecular weight excluding hydrogens is 358 g/mol. The van der Waals surface area contributed by atoms with E-state index in [9.17, 15) is 4.79 Å². The summed E-state index contributed by atoms with van der Waals surface area (Å²) in [6.07, 6.45) is 1.81. The summed E-state index contributed by atoms with van der Waals surface area (Å²) in [5.74, 6) is 1.42. The maximum atomic E-state index is 11.3. The van der Waals surface area contributed by atoms with Crippen molar-refractivity contribution in [2.45, 2.75) is 26.1 Å². The Balaban J connectivity index is 1.48. The minimum atomic E-state index is -0.0956. The standard InChI is InChI=1S/C20H23N5O3/c1-13(26)23-15-4-5-18-17(7-15)24-19-12-28-11-16(25(18)19)10-21-8-14-3-6-20(27-2)22-9-14/h3-7,9,16,21H,8,10-12H2,1-2H3,(H,23,26)/t16-/m0/s1. The number of anilines is 1. The molecule has 4 rings (SSSR count). The Labute approximate surface area is 162 Å². The van der Waals surface area contributed by atoms with Crippen molar-refractivity contribution in [2.75, 3.05) is 25.6 Å². The second-order valence-electron chi connectivity index (χ2n) is 6.79. The van der Waals surface area contributed by atoms with Crippen molar-refractivity contribution < 1.29 is 14.3 Å². The Morgan fingerprint density at radius 2 is 2.25 bits per heavy atom. The van der Waals surface area contributed by atoms with Gasteiger partial charge in [0.25, 0.3) is 0 Å². The summed E-state index contributed by atoms with van der Waals surface area (Å²) in [5, 5.41) is 6.28. The molecule has 1 aliphatic rings. The van der Waals surface area contributed by atoms with E-state index < -0.39 is 0 Å². The molecule has 1 aromatic carbocycles. The number of nitrogens with one attached hydrogen (secondary N) is 2. The van der Waals surface area contributed by atoms with Gasteiger partial charge in [0.15, 0.2) is 0 Å². The number of carbonyl (C=O) groups is 1. The fraction of sp³-hybridized carbons (Fsp3) is 0.350. The summed E-state index contributed by atoms with van der Waals surface area (Å²) in [6.45, 7) is 4.07. The molecule has 3 aromatic rings. The van der Waals surface area contributed by atoms with Crippen molar-refractivity contribution >= 4 is 22.6 Å². The first-order chi connectivity index (χ1) is 13.6. The molecule has 0 spiro atoms. The van der Waals surface area contributed by atoms with Gasteiger partial charge in [-0.25, -0.2) is 9.97 Å². The number of imidazole rings is 1. The maximum absolute atomic E-state index is 11.3. The number of ether oxygens (including phenoxy) is 2. The number of nitrogens with zero attached hydrogens (tertiary/aromatic N) is 3. The largest absolute Gasteiger partial charge is 0.481 e. The van der Waals surface area contributed by atoms with E-state index in [-0.39, 0.29) is 11.9 Å². The van der Waals surface area contributed by atoms with Gasteiger partial charge in [-0.15, -0.1) is 0 Å². The van der Waals surface area contributed by atoms with Crippen molar-refractivity contribution in [1.82, 2.24) is 19.9 Å². The predicted octanol–water partition coefficient (Wildman–Crippen LogP) is 2.26. The minimum absolute atomic E-state index is 0.0956. The molecule has 0 fully saturated rings. The highest BCUT2D eigenvalue weighted by molar-refractivity contribution is 5.91. The van der Waals surface area contributed by atoms with Crippen LogP contribution in [0.3, 0.4) is 0 Å². The third-order valence-electron chi connectivity index (χ3n) is 4.71. The van der Waals surface area contributed by atoms with Gasteiger partial charge in [-0.05, 0) is 23.8 Å². The summed E-state index contributed by atoms with van der Waals surface area (Å²) < 4.78 is 13.1. The Bertz CT molecular complexity index is 983. The van der Waals surface area contributed by atoms with Crippen molar-refractivity contribution in [3.63, 3.8) is 0 Å². The highest BCUT2D eigenvalue weighted by Crippen LogP contribution is 2.27. The van der Waals surface area contributed by atoms with Crippen LogP contribution in [-0.2, 0) is 22.7 Å². The molecule has 3 heterocycles. The average molecular weight is 381 g/mol. The Morgan fingerprint density at radius 1 is 1.36 bits per heavy atom. The van der Waals surface area contributed by atoms with E-state index in [0.717, 1.165) is 34.7 Å². The van der Waals surface area contributed by atoms with Crippen LogP contribution in [0.15, 0.2) is 36.5 Å². The van der Waals surface area contributed by atoms with Gasteiger partial charge in [-0.3, -0.25) is 4.79 Å². The maximum Gasteiger partial charge on any atom is 0.221 e. The number of methoxy groups -OCH3 is 1. The second-order valence-corrected chi connectivity index (χ2v) is 6.79. The predicted molar refractivity (Wildman–Crippen MR) is 105 cm³/mol. The minimum Gasteiger partial charge on any atom is -0.481 e. The van der Waals surface area contributed by atoms with Gasteiger partial charge in [0.1, 0.15) is 12.4 Å². The second kappa shape index (κ2) is 7.95. The monoisotopic (exact) mass is 381 g/mol. The zero-order valence-electron chi connectivity index (χ0n) is 15.9. The number of hydrogen-bond donors (Lipinski definition) is 2. The van der Waals surface area contributed by atoms with Crippen molar-refractivity contribution in [3.05, 3.63) is 47.9 Å². The summed E-state index contributed by atoms with van der Waals surface area (Å²) in [7, 11) is 1.61. The van der Waals surface area contributed by atoms with Crippen LogP contribution in [0.5, 0.6) is 5.88 Å². The number of amides is 1. The molecule has 0 radical (unpaired) electrons. The molecule has 2 N–H and O–H groups in total. The van der Waals surface area contributed by atoms with Gasteiger partial charge in [0.05, 0.1) is 30.8 Å². The highest BCUT2D eigenvalue weighted by atomic mass is 16.5. The highest BCUT2D eigenvalue weighted by Gasteiger charge is 2.24. The first-order valence-corrected chi connectivity index (χ1v) is 9.20. The van der Waals surface area contributed by atoms with E-state index in [1.165, 1.54) is 6.92 Å². The number of carbonyl (C=O) groups excluding carboxylic acids is 1. The number of hydrogen-bond acceptors (Lipinski definition) is 6. The quantitative estimate of drug-likeness (QED) is 0.681. The van der Waals surface area contributed by atoms with Crippen LogP contribution >= 0.6 is 0 Å². The fourth-order valence-corrected chi connectivity index (χ4v) is 3.47. The molecule has 8 nitrogen and oxygen atoms in total. The van der Waals surface area contributed by atoms with Crippen molar-refractivity contribution in [3.8, 4) is 5.88 Å². The first kappa shape index (κ1) is 18.4. The van der Waals surface area contributed by atoms with Gasteiger partial charge in [-0.2, -0.15) is 0 Å². The topological polar surface area (TPSA) is 90.3 Å². The van der Waals surface area contributed by atoms with Crippen LogP contribution in [0, 0.1) is 0 Å².